The maximum atomic E-state index is 9.01. The topological polar surface area (TPSA) is 53.0 Å². The first kappa shape index (κ1) is 11.0. The lowest BCUT2D eigenvalue weighted by Crippen LogP contribution is -2.35. The minimum atomic E-state index is -0.683. The van der Waals surface area contributed by atoms with E-state index in [1.54, 1.807) is 11.8 Å². The van der Waals surface area contributed by atoms with Crippen LogP contribution in [0.15, 0.2) is 10.5 Å². The predicted molar refractivity (Wildman–Crippen MR) is 63.1 cm³/mol. The van der Waals surface area contributed by atoms with Crippen molar-refractivity contribution in [1.82, 2.24) is 4.90 Å². The molecule has 0 amide bonds. The fourth-order valence-corrected chi connectivity index (χ4v) is 3.44. The summed E-state index contributed by atoms with van der Waals surface area (Å²) in [4.78, 5) is 3.10. The van der Waals surface area contributed by atoms with Gasteiger partial charge in [0, 0.05) is 30.5 Å². The van der Waals surface area contributed by atoms with Gasteiger partial charge in [-0.15, -0.1) is 0 Å². The first-order valence-corrected chi connectivity index (χ1v) is 6.20. The summed E-state index contributed by atoms with van der Waals surface area (Å²) < 4.78 is 0. The van der Waals surface area contributed by atoms with Crippen LogP contribution >= 0.6 is 11.8 Å². The van der Waals surface area contributed by atoms with E-state index in [1.165, 1.54) is 10.5 Å². The molecule has 1 atom stereocenters. The summed E-state index contributed by atoms with van der Waals surface area (Å²) in [5.74, 6) is 0. The summed E-state index contributed by atoms with van der Waals surface area (Å²) in [5.41, 5.74) is 7.40. The van der Waals surface area contributed by atoms with Crippen LogP contribution in [0.5, 0.6) is 0 Å². The van der Waals surface area contributed by atoms with Crippen molar-refractivity contribution in [2.45, 2.75) is 37.6 Å². The fourth-order valence-electron chi connectivity index (χ4n) is 2.16. The Hall–Kier alpha value is -0.500. The highest BCUT2D eigenvalue weighted by Crippen LogP contribution is 2.46. The van der Waals surface area contributed by atoms with E-state index in [-0.39, 0.29) is 0 Å². The molecule has 15 heavy (non-hydrogen) atoms. The zero-order chi connectivity index (χ0) is 11.1. The standard InChI is InChI=1S/C11H17N3S/c1-8(2)14-4-3-9-5-11(13,7-12)15-10(9)6-14/h8H,3-6,13H2,1-2H3. The number of nitrogens with zero attached hydrogens (tertiary/aromatic N) is 2. The third-order valence-electron chi connectivity index (χ3n) is 3.14. The van der Waals surface area contributed by atoms with E-state index in [9.17, 15) is 0 Å². The quantitative estimate of drug-likeness (QED) is 0.734. The van der Waals surface area contributed by atoms with Gasteiger partial charge in [-0.2, -0.15) is 5.26 Å². The molecular formula is C11H17N3S. The van der Waals surface area contributed by atoms with Gasteiger partial charge >= 0.3 is 0 Å². The molecule has 0 saturated heterocycles. The number of hydrogen-bond acceptors (Lipinski definition) is 4. The minimum absolute atomic E-state index is 0.578. The van der Waals surface area contributed by atoms with Crippen molar-refractivity contribution in [3.05, 3.63) is 10.5 Å². The van der Waals surface area contributed by atoms with Gasteiger partial charge in [0.1, 0.15) is 0 Å². The SMILES string of the molecule is CC(C)N1CCC2=C(C1)SC(N)(C#N)C2. The van der Waals surface area contributed by atoms with Crippen molar-refractivity contribution in [2.24, 2.45) is 5.73 Å². The zero-order valence-corrected chi connectivity index (χ0v) is 10.1. The second kappa shape index (κ2) is 3.82. The van der Waals surface area contributed by atoms with Gasteiger partial charge in [-0.3, -0.25) is 4.90 Å². The van der Waals surface area contributed by atoms with Gasteiger partial charge in [0.25, 0.3) is 0 Å². The molecule has 0 aromatic rings. The number of nitrogens with two attached hydrogens (primary N) is 1. The smallest absolute Gasteiger partial charge is 0.158 e. The number of hydrogen-bond donors (Lipinski definition) is 1. The lowest BCUT2D eigenvalue weighted by Gasteiger charge is -2.30. The zero-order valence-electron chi connectivity index (χ0n) is 9.29. The van der Waals surface area contributed by atoms with Gasteiger partial charge in [-0.1, -0.05) is 17.3 Å². The Balaban J connectivity index is 2.10. The van der Waals surface area contributed by atoms with Gasteiger partial charge in [-0.05, 0) is 20.3 Å². The van der Waals surface area contributed by atoms with Crippen LogP contribution in [0.1, 0.15) is 26.7 Å². The molecule has 1 unspecified atom stereocenters. The Morgan fingerprint density at radius 3 is 2.93 bits per heavy atom. The minimum Gasteiger partial charge on any atom is -0.304 e. The molecule has 2 heterocycles. The van der Waals surface area contributed by atoms with Gasteiger partial charge in [0.2, 0.25) is 0 Å². The molecule has 0 saturated carbocycles. The summed E-state index contributed by atoms with van der Waals surface area (Å²) >= 11 is 1.57. The van der Waals surface area contributed by atoms with Crippen molar-refractivity contribution in [3.63, 3.8) is 0 Å². The largest absolute Gasteiger partial charge is 0.304 e. The predicted octanol–water partition coefficient (Wildman–Crippen LogP) is 1.67. The Morgan fingerprint density at radius 1 is 1.60 bits per heavy atom. The second-order valence-corrected chi connectivity index (χ2v) is 6.05. The molecule has 0 aromatic heterocycles. The second-order valence-electron chi connectivity index (χ2n) is 4.62. The Labute approximate surface area is 95.3 Å². The normalized spacial score (nSPS) is 31.9. The summed E-state index contributed by atoms with van der Waals surface area (Å²) in [5, 5.41) is 9.01. The number of nitriles is 1. The van der Waals surface area contributed by atoms with Crippen LogP contribution in [0.25, 0.3) is 0 Å². The highest BCUT2D eigenvalue weighted by atomic mass is 32.2. The molecule has 2 rings (SSSR count). The third-order valence-corrected chi connectivity index (χ3v) is 4.41. The van der Waals surface area contributed by atoms with Gasteiger partial charge < -0.3 is 5.73 Å². The fraction of sp³-hybridized carbons (Fsp3) is 0.727. The van der Waals surface area contributed by atoms with E-state index in [0.717, 1.165) is 25.9 Å². The van der Waals surface area contributed by atoms with Crippen LogP contribution in [-0.2, 0) is 0 Å². The van der Waals surface area contributed by atoms with Crippen LogP contribution in [0.3, 0.4) is 0 Å². The van der Waals surface area contributed by atoms with Crippen molar-refractivity contribution < 1.29 is 0 Å². The van der Waals surface area contributed by atoms with E-state index in [0.29, 0.717) is 6.04 Å². The van der Waals surface area contributed by atoms with Gasteiger partial charge in [0.05, 0.1) is 6.07 Å². The van der Waals surface area contributed by atoms with Crippen molar-refractivity contribution in [3.8, 4) is 6.07 Å². The lowest BCUT2D eigenvalue weighted by molar-refractivity contribution is 0.236. The Kier molecular flexibility index (Phi) is 2.80. The van der Waals surface area contributed by atoms with E-state index >= 15 is 0 Å². The van der Waals surface area contributed by atoms with Crippen LogP contribution in [0.4, 0.5) is 0 Å². The first-order chi connectivity index (χ1) is 7.04. The lowest BCUT2D eigenvalue weighted by atomic mass is 10.0. The first-order valence-electron chi connectivity index (χ1n) is 5.38. The van der Waals surface area contributed by atoms with Crippen LogP contribution in [-0.4, -0.2) is 28.9 Å². The summed E-state index contributed by atoms with van der Waals surface area (Å²) in [7, 11) is 0. The average Bonchev–Trinajstić information content (AvgIpc) is 2.53. The molecule has 0 fully saturated rings. The van der Waals surface area contributed by atoms with E-state index in [4.69, 9.17) is 11.0 Å². The van der Waals surface area contributed by atoms with Crippen LogP contribution in [0, 0.1) is 11.3 Å². The van der Waals surface area contributed by atoms with Crippen molar-refractivity contribution in [1.29, 1.82) is 5.26 Å². The molecule has 0 aromatic carbocycles. The summed E-state index contributed by atoms with van der Waals surface area (Å²) in [6, 6.07) is 2.80. The van der Waals surface area contributed by atoms with E-state index in [1.807, 2.05) is 0 Å². The molecule has 82 valence electrons. The van der Waals surface area contributed by atoms with Crippen LogP contribution in [0.2, 0.25) is 0 Å². The molecule has 0 radical (unpaired) electrons. The van der Waals surface area contributed by atoms with E-state index in [2.05, 4.69) is 24.8 Å². The Morgan fingerprint density at radius 2 is 2.33 bits per heavy atom. The van der Waals surface area contributed by atoms with Gasteiger partial charge in [-0.25, -0.2) is 0 Å². The summed E-state index contributed by atoms with van der Waals surface area (Å²) in [6.45, 7) is 6.52. The monoisotopic (exact) mass is 223 g/mol. The molecule has 2 N–H and O–H groups in total. The molecule has 2 aliphatic rings. The Bertz CT molecular complexity index is 342. The van der Waals surface area contributed by atoms with Gasteiger partial charge in [0.15, 0.2) is 4.87 Å². The molecule has 0 spiro atoms. The molecule has 0 aliphatic carbocycles. The molecule has 0 bridgehead atoms. The molecule has 4 heteroatoms. The maximum Gasteiger partial charge on any atom is 0.158 e. The highest BCUT2D eigenvalue weighted by Gasteiger charge is 2.38. The molecular weight excluding hydrogens is 206 g/mol. The van der Waals surface area contributed by atoms with Crippen molar-refractivity contribution >= 4 is 11.8 Å². The number of rotatable bonds is 1. The molecule has 2 aliphatic heterocycles. The average molecular weight is 223 g/mol. The number of thioether (sulfide) groups is 1. The van der Waals surface area contributed by atoms with Crippen molar-refractivity contribution in [2.75, 3.05) is 13.1 Å². The highest BCUT2D eigenvalue weighted by molar-refractivity contribution is 8.04. The molecule has 3 nitrogen and oxygen atoms in total. The summed E-state index contributed by atoms with van der Waals surface area (Å²) in [6.07, 6.45) is 1.84. The van der Waals surface area contributed by atoms with Crippen LogP contribution < -0.4 is 5.73 Å². The third kappa shape index (κ3) is 2.05. The van der Waals surface area contributed by atoms with E-state index < -0.39 is 4.87 Å². The maximum absolute atomic E-state index is 9.01.